The maximum Gasteiger partial charge on any atom is 0.219 e. The number of amides is 1. The summed E-state index contributed by atoms with van der Waals surface area (Å²) in [4.78, 5) is 12.4. The average molecular weight is 416 g/mol. The van der Waals surface area contributed by atoms with Gasteiger partial charge in [0.05, 0.1) is 19.8 Å². The Labute approximate surface area is 180 Å². The first kappa shape index (κ1) is 21.5. The maximum atomic E-state index is 12.4. The van der Waals surface area contributed by atoms with Crippen LogP contribution in [0.3, 0.4) is 0 Å². The molecule has 2 saturated carbocycles. The third kappa shape index (κ3) is 3.21. The van der Waals surface area contributed by atoms with Crippen LogP contribution in [-0.4, -0.2) is 32.3 Å². The molecule has 3 fully saturated rings. The lowest BCUT2D eigenvalue weighted by Gasteiger charge is -2.53. The Bertz CT molecular complexity index is 791. The molecule has 1 unspecified atom stereocenters. The van der Waals surface area contributed by atoms with Gasteiger partial charge in [-0.25, -0.2) is 0 Å². The summed E-state index contributed by atoms with van der Waals surface area (Å²) in [5, 5.41) is 3.43. The van der Waals surface area contributed by atoms with Crippen molar-refractivity contribution in [1.29, 1.82) is 0 Å². The number of fused-ring (bicyclic) bond motifs is 1. The van der Waals surface area contributed by atoms with E-state index < -0.39 is 0 Å². The molecular weight excluding hydrogens is 378 g/mol. The fraction of sp³-hybridized carbons (Fsp3) is 0.720. The maximum absolute atomic E-state index is 12.4. The summed E-state index contributed by atoms with van der Waals surface area (Å²) in [6.45, 7) is 10.1. The van der Waals surface area contributed by atoms with Gasteiger partial charge < -0.3 is 19.5 Å². The SMILES string of the molecule is CCCOc1c(OC)cccc1[C@H]1OCCC23C[C@@H](C[C@H]12)C(C)(C)[C@@H]3NC(=O)CC. The molecule has 0 aromatic heterocycles. The Morgan fingerprint density at radius 3 is 2.80 bits per heavy atom. The van der Waals surface area contributed by atoms with Crippen LogP contribution in [0.4, 0.5) is 0 Å². The fourth-order valence-electron chi connectivity index (χ4n) is 6.63. The first-order chi connectivity index (χ1) is 14.4. The summed E-state index contributed by atoms with van der Waals surface area (Å²) < 4.78 is 18.2. The monoisotopic (exact) mass is 415 g/mol. The van der Waals surface area contributed by atoms with Crippen LogP contribution in [-0.2, 0) is 9.53 Å². The molecule has 2 aliphatic carbocycles. The van der Waals surface area contributed by atoms with Crippen LogP contribution in [0.15, 0.2) is 18.2 Å². The van der Waals surface area contributed by atoms with Gasteiger partial charge in [-0.15, -0.1) is 0 Å². The van der Waals surface area contributed by atoms with Crippen molar-refractivity contribution in [3.05, 3.63) is 23.8 Å². The van der Waals surface area contributed by atoms with Crippen molar-refractivity contribution in [2.45, 2.75) is 71.9 Å². The van der Waals surface area contributed by atoms with E-state index in [4.69, 9.17) is 14.2 Å². The molecule has 5 heteroatoms. The molecule has 1 saturated heterocycles. The molecule has 1 spiro atoms. The minimum atomic E-state index is -0.0252. The molecule has 5 nitrogen and oxygen atoms in total. The lowest BCUT2D eigenvalue weighted by molar-refractivity contribution is -0.137. The summed E-state index contributed by atoms with van der Waals surface area (Å²) in [5.74, 6) is 2.72. The molecule has 2 bridgehead atoms. The van der Waals surface area contributed by atoms with E-state index >= 15 is 0 Å². The summed E-state index contributed by atoms with van der Waals surface area (Å²) in [6, 6.07) is 6.32. The Hall–Kier alpha value is -1.75. The predicted octanol–water partition coefficient (Wildman–Crippen LogP) is 4.89. The zero-order chi connectivity index (χ0) is 21.5. The van der Waals surface area contributed by atoms with E-state index in [2.05, 4.69) is 32.2 Å². The van der Waals surface area contributed by atoms with E-state index in [1.165, 1.54) is 6.42 Å². The highest BCUT2D eigenvalue weighted by atomic mass is 16.5. The van der Waals surface area contributed by atoms with Crippen molar-refractivity contribution in [2.24, 2.45) is 22.7 Å². The van der Waals surface area contributed by atoms with Crippen molar-refractivity contribution < 1.29 is 19.0 Å². The van der Waals surface area contributed by atoms with E-state index in [1.54, 1.807) is 7.11 Å². The van der Waals surface area contributed by atoms with Crippen molar-refractivity contribution in [3.63, 3.8) is 0 Å². The number of para-hydroxylation sites is 1. The van der Waals surface area contributed by atoms with Gasteiger partial charge in [-0.1, -0.05) is 39.8 Å². The van der Waals surface area contributed by atoms with Gasteiger partial charge in [0.15, 0.2) is 11.5 Å². The van der Waals surface area contributed by atoms with Crippen molar-refractivity contribution >= 4 is 5.91 Å². The summed E-state index contributed by atoms with van der Waals surface area (Å²) in [7, 11) is 1.69. The Morgan fingerprint density at radius 2 is 2.10 bits per heavy atom. The van der Waals surface area contributed by atoms with Crippen LogP contribution in [0.1, 0.15) is 71.5 Å². The molecular formula is C25H37NO4. The van der Waals surface area contributed by atoms with E-state index in [-0.39, 0.29) is 28.9 Å². The van der Waals surface area contributed by atoms with Crippen molar-refractivity contribution in [2.75, 3.05) is 20.3 Å². The minimum absolute atomic E-state index is 0.0252. The third-order valence-electron chi connectivity index (χ3n) is 8.12. The van der Waals surface area contributed by atoms with Gasteiger partial charge in [-0.2, -0.15) is 0 Å². The lowest BCUT2D eigenvalue weighted by atomic mass is 9.58. The van der Waals surface area contributed by atoms with Gasteiger partial charge in [0.25, 0.3) is 0 Å². The second-order valence-corrected chi connectivity index (χ2v) is 9.92. The molecule has 1 amide bonds. The highest BCUT2D eigenvalue weighted by Gasteiger charge is 2.68. The number of rotatable bonds is 7. The number of ether oxygens (including phenoxy) is 3. The summed E-state index contributed by atoms with van der Waals surface area (Å²) in [6.07, 6.45) is 4.77. The van der Waals surface area contributed by atoms with E-state index in [0.29, 0.717) is 31.5 Å². The fourth-order valence-corrected chi connectivity index (χ4v) is 6.63. The van der Waals surface area contributed by atoms with Gasteiger partial charge in [0, 0.05) is 24.6 Å². The van der Waals surface area contributed by atoms with Gasteiger partial charge >= 0.3 is 0 Å². The lowest BCUT2D eigenvalue weighted by Crippen LogP contribution is -2.58. The average Bonchev–Trinajstić information content (AvgIpc) is 3.24. The molecule has 30 heavy (non-hydrogen) atoms. The second-order valence-electron chi connectivity index (χ2n) is 9.92. The molecule has 3 aliphatic rings. The zero-order valence-electron chi connectivity index (χ0n) is 19.1. The first-order valence-electron chi connectivity index (χ1n) is 11.6. The predicted molar refractivity (Wildman–Crippen MR) is 117 cm³/mol. The Morgan fingerprint density at radius 1 is 1.30 bits per heavy atom. The van der Waals surface area contributed by atoms with Crippen LogP contribution >= 0.6 is 0 Å². The molecule has 1 aromatic carbocycles. The number of hydrogen-bond donors (Lipinski definition) is 1. The molecule has 1 aliphatic heterocycles. The number of methoxy groups -OCH3 is 1. The first-order valence-corrected chi connectivity index (χ1v) is 11.6. The number of carbonyl (C=O) groups excluding carboxylic acids is 1. The van der Waals surface area contributed by atoms with Gasteiger partial charge in [-0.05, 0) is 54.4 Å². The highest BCUT2D eigenvalue weighted by molar-refractivity contribution is 5.76. The molecule has 1 heterocycles. The summed E-state index contributed by atoms with van der Waals surface area (Å²) in [5.41, 5.74) is 1.30. The highest BCUT2D eigenvalue weighted by Crippen LogP contribution is 2.71. The zero-order valence-corrected chi connectivity index (χ0v) is 19.1. The molecule has 1 aromatic rings. The Balaban J connectivity index is 1.72. The third-order valence-corrected chi connectivity index (χ3v) is 8.12. The molecule has 0 radical (unpaired) electrons. The Kier molecular flexibility index (Phi) is 5.78. The normalized spacial score (nSPS) is 33.8. The van der Waals surface area contributed by atoms with Crippen molar-refractivity contribution in [3.8, 4) is 11.5 Å². The van der Waals surface area contributed by atoms with Crippen LogP contribution in [0.5, 0.6) is 11.5 Å². The van der Waals surface area contributed by atoms with Crippen molar-refractivity contribution in [1.82, 2.24) is 5.32 Å². The molecule has 1 N–H and O–H groups in total. The van der Waals surface area contributed by atoms with Crippen LogP contribution in [0, 0.1) is 22.7 Å². The number of carbonyl (C=O) groups is 1. The second kappa shape index (κ2) is 8.07. The van der Waals surface area contributed by atoms with Gasteiger partial charge in [0.1, 0.15) is 0 Å². The smallest absolute Gasteiger partial charge is 0.219 e. The van der Waals surface area contributed by atoms with E-state index in [0.717, 1.165) is 36.3 Å². The number of nitrogens with one attached hydrogen (secondary N) is 1. The molecule has 4 rings (SSSR count). The van der Waals surface area contributed by atoms with Crippen LogP contribution in [0.2, 0.25) is 0 Å². The van der Waals surface area contributed by atoms with Gasteiger partial charge in [0.2, 0.25) is 5.91 Å². The number of benzene rings is 1. The molecule has 5 atom stereocenters. The standard InChI is InChI=1S/C25H37NO4/c1-6-12-29-22-17(9-8-10-19(22)28-5)21-18-14-16-15-25(18,11-13-30-21)23(24(16,3)4)26-20(27)7-2/h8-10,16,18,21,23H,6-7,11-15H2,1-5H3,(H,26,27)/t16-,18-,21-,23+,25?/m1/s1. The van der Waals surface area contributed by atoms with E-state index in [1.807, 2.05) is 19.1 Å². The minimum Gasteiger partial charge on any atom is -0.493 e. The number of hydrogen-bond acceptors (Lipinski definition) is 4. The quantitative estimate of drug-likeness (QED) is 0.689. The molecule has 166 valence electrons. The van der Waals surface area contributed by atoms with Crippen LogP contribution < -0.4 is 14.8 Å². The summed E-state index contributed by atoms with van der Waals surface area (Å²) >= 11 is 0. The van der Waals surface area contributed by atoms with Gasteiger partial charge in [-0.3, -0.25) is 4.79 Å². The topological polar surface area (TPSA) is 56.8 Å². The van der Waals surface area contributed by atoms with E-state index in [9.17, 15) is 4.79 Å². The van der Waals surface area contributed by atoms with Crippen LogP contribution in [0.25, 0.3) is 0 Å². The largest absolute Gasteiger partial charge is 0.493 e.